The van der Waals surface area contributed by atoms with E-state index in [0.29, 0.717) is 6.54 Å². The first kappa shape index (κ1) is 16.0. The number of piperazine rings is 1. The van der Waals surface area contributed by atoms with Gasteiger partial charge in [-0.25, -0.2) is 0 Å². The molecule has 1 aromatic carbocycles. The molecule has 0 radical (unpaired) electrons. The Hall–Kier alpha value is -1.85. The van der Waals surface area contributed by atoms with Crippen LogP contribution in [0.15, 0.2) is 30.5 Å². The quantitative estimate of drug-likeness (QED) is 0.936. The number of benzene rings is 1. The molecule has 2 heterocycles. The van der Waals surface area contributed by atoms with Crippen molar-refractivity contribution >= 4 is 16.8 Å². The summed E-state index contributed by atoms with van der Waals surface area (Å²) in [6.45, 7) is 8.51. The topological polar surface area (TPSA) is 48.7 Å². The molecule has 0 bridgehead atoms. The van der Waals surface area contributed by atoms with Crippen LogP contribution in [-0.2, 0) is 6.54 Å². The highest BCUT2D eigenvalue weighted by Crippen LogP contribution is 2.23. The smallest absolute Gasteiger partial charge is 0.256 e. The number of aliphatic hydroxyl groups excluding tert-OH is 1. The number of aromatic nitrogens is 1. The highest BCUT2D eigenvalue weighted by molar-refractivity contribution is 6.07. The van der Waals surface area contributed by atoms with Gasteiger partial charge in [0.1, 0.15) is 0 Å². The van der Waals surface area contributed by atoms with Crippen molar-refractivity contribution in [3.05, 3.63) is 36.0 Å². The molecule has 1 fully saturated rings. The fraction of sp³-hybridized carbons (Fsp3) is 0.500. The second-order valence-corrected chi connectivity index (χ2v) is 6.29. The molecule has 1 N–H and O–H groups in total. The Morgan fingerprint density at radius 2 is 1.91 bits per heavy atom. The van der Waals surface area contributed by atoms with Gasteiger partial charge in [0.25, 0.3) is 5.91 Å². The summed E-state index contributed by atoms with van der Waals surface area (Å²) in [4.78, 5) is 17.1. The Bertz CT molecular complexity index is 685. The van der Waals surface area contributed by atoms with Crippen molar-refractivity contribution in [3.8, 4) is 0 Å². The second-order valence-electron chi connectivity index (χ2n) is 6.29. The van der Waals surface area contributed by atoms with Crippen LogP contribution >= 0.6 is 0 Å². The lowest BCUT2D eigenvalue weighted by molar-refractivity contribution is 0.0555. The number of β-amino-alcohol motifs (C(OH)–C–C–N with tert-alkyl or cyclic N) is 1. The van der Waals surface area contributed by atoms with E-state index in [2.05, 4.69) is 22.5 Å². The lowest BCUT2D eigenvalue weighted by Crippen LogP contribution is -2.50. The molecule has 0 spiro atoms. The molecule has 1 amide bonds. The molecule has 0 saturated carbocycles. The van der Waals surface area contributed by atoms with E-state index in [9.17, 15) is 9.90 Å². The summed E-state index contributed by atoms with van der Waals surface area (Å²) in [5, 5.41) is 10.5. The number of aryl methyl sites for hydroxylation is 1. The van der Waals surface area contributed by atoms with Crippen molar-refractivity contribution < 1.29 is 9.90 Å². The SMILES string of the molecule is CCn1cc(C(=O)N2CCN(C[C@H](C)O)CC2)c2ccccc21. The maximum Gasteiger partial charge on any atom is 0.256 e. The summed E-state index contributed by atoms with van der Waals surface area (Å²) in [6.07, 6.45) is 1.66. The molecule has 1 aliphatic rings. The maximum atomic E-state index is 12.9. The number of amides is 1. The number of fused-ring (bicyclic) bond motifs is 1. The van der Waals surface area contributed by atoms with E-state index >= 15 is 0 Å². The average molecular weight is 315 g/mol. The van der Waals surface area contributed by atoms with E-state index in [1.807, 2.05) is 29.3 Å². The third-order valence-electron chi connectivity index (χ3n) is 4.54. The van der Waals surface area contributed by atoms with E-state index in [-0.39, 0.29) is 12.0 Å². The van der Waals surface area contributed by atoms with E-state index in [4.69, 9.17) is 0 Å². The van der Waals surface area contributed by atoms with Crippen LogP contribution < -0.4 is 0 Å². The largest absolute Gasteiger partial charge is 0.392 e. The third kappa shape index (κ3) is 3.26. The minimum absolute atomic E-state index is 0.116. The van der Waals surface area contributed by atoms with E-state index < -0.39 is 0 Å². The fourth-order valence-electron chi connectivity index (χ4n) is 3.36. The molecular weight excluding hydrogens is 290 g/mol. The zero-order valence-electron chi connectivity index (χ0n) is 13.9. The fourth-order valence-corrected chi connectivity index (χ4v) is 3.36. The predicted molar refractivity (Wildman–Crippen MR) is 91.6 cm³/mol. The molecule has 1 aliphatic heterocycles. The van der Waals surface area contributed by atoms with E-state index in [0.717, 1.165) is 49.2 Å². The van der Waals surface area contributed by atoms with Gasteiger partial charge in [0.05, 0.1) is 11.7 Å². The summed E-state index contributed by atoms with van der Waals surface area (Å²) in [6, 6.07) is 8.09. The van der Waals surface area contributed by atoms with Crippen LogP contribution in [0.25, 0.3) is 10.9 Å². The van der Waals surface area contributed by atoms with Crippen LogP contribution in [0.2, 0.25) is 0 Å². The molecular formula is C18H25N3O2. The van der Waals surface area contributed by atoms with Gasteiger partial charge >= 0.3 is 0 Å². The maximum absolute atomic E-state index is 12.9. The molecule has 1 atom stereocenters. The highest BCUT2D eigenvalue weighted by Gasteiger charge is 2.25. The molecule has 5 nitrogen and oxygen atoms in total. The van der Waals surface area contributed by atoms with Crippen molar-refractivity contribution in [1.29, 1.82) is 0 Å². The monoisotopic (exact) mass is 315 g/mol. The minimum atomic E-state index is -0.320. The lowest BCUT2D eigenvalue weighted by atomic mass is 10.1. The lowest BCUT2D eigenvalue weighted by Gasteiger charge is -2.35. The Kier molecular flexibility index (Phi) is 4.68. The number of hydrogen-bond donors (Lipinski definition) is 1. The van der Waals surface area contributed by atoms with Crippen molar-refractivity contribution in [2.45, 2.75) is 26.5 Å². The summed E-state index contributed by atoms with van der Waals surface area (Å²) < 4.78 is 2.13. The van der Waals surface area contributed by atoms with Gasteiger partial charge in [0, 0.05) is 56.4 Å². The molecule has 0 unspecified atom stereocenters. The first-order valence-corrected chi connectivity index (χ1v) is 8.37. The molecule has 124 valence electrons. The average Bonchev–Trinajstić information content (AvgIpc) is 2.93. The molecule has 1 aromatic heterocycles. The van der Waals surface area contributed by atoms with Gasteiger partial charge in [-0.05, 0) is 19.9 Å². The molecule has 2 aromatic rings. The van der Waals surface area contributed by atoms with Gasteiger partial charge in [-0.2, -0.15) is 0 Å². The van der Waals surface area contributed by atoms with Crippen LogP contribution in [0, 0.1) is 0 Å². The number of aliphatic hydroxyl groups is 1. The van der Waals surface area contributed by atoms with Crippen molar-refractivity contribution in [3.63, 3.8) is 0 Å². The normalized spacial score (nSPS) is 17.6. The zero-order chi connectivity index (χ0) is 16.4. The van der Waals surface area contributed by atoms with Crippen molar-refractivity contribution in [1.82, 2.24) is 14.4 Å². The molecule has 3 rings (SSSR count). The van der Waals surface area contributed by atoms with E-state index in [1.54, 1.807) is 6.92 Å². The first-order chi connectivity index (χ1) is 11.1. The number of rotatable bonds is 4. The van der Waals surface area contributed by atoms with Gasteiger partial charge in [-0.1, -0.05) is 18.2 Å². The Labute approximate surface area is 137 Å². The molecule has 0 aliphatic carbocycles. The van der Waals surface area contributed by atoms with Crippen molar-refractivity contribution in [2.75, 3.05) is 32.7 Å². The van der Waals surface area contributed by atoms with Gasteiger partial charge in [-0.15, -0.1) is 0 Å². The van der Waals surface area contributed by atoms with Crippen LogP contribution in [0.5, 0.6) is 0 Å². The van der Waals surface area contributed by atoms with Gasteiger partial charge < -0.3 is 14.6 Å². The predicted octanol–water partition coefficient (Wildman–Crippen LogP) is 1.80. The van der Waals surface area contributed by atoms with Crippen molar-refractivity contribution in [2.24, 2.45) is 0 Å². The summed E-state index contributed by atoms with van der Waals surface area (Å²) >= 11 is 0. The molecule has 23 heavy (non-hydrogen) atoms. The number of carbonyl (C=O) groups excluding carboxylic acids is 1. The Morgan fingerprint density at radius 3 is 2.57 bits per heavy atom. The van der Waals surface area contributed by atoms with Crippen LogP contribution in [0.1, 0.15) is 24.2 Å². The van der Waals surface area contributed by atoms with Gasteiger partial charge in [0.15, 0.2) is 0 Å². The van der Waals surface area contributed by atoms with Crippen LogP contribution in [0.4, 0.5) is 0 Å². The summed E-state index contributed by atoms with van der Waals surface area (Å²) in [5.74, 6) is 0.116. The van der Waals surface area contributed by atoms with Gasteiger partial charge in [0.2, 0.25) is 0 Å². The Balaban J connectivity index is 1.77. The van der Waals surface area contributed by atoms with Crippen LogP contribution in [0.3, 0.4) is 0 Å². The summed E-state index contributed by atoms with van der Waals surface area (Å²) in [7, 11) is 0. The Morgan fingerprint density at radius 1 is 1.22 bits per heavy atom. The minimum Gasteiger partial charge on any atom is -0.392 e. The standard InChI is InChI=1S/C18H25N3O2/c1-3-20-13-16(15-6-4-5-7-17(15)20)18(23)21-10-8-19(9-11-21)12-14(2)22/h4-7,13-14,22H,3,8-12H2,1-2H3/t14-/m0/s1. The van der Waals surface area contributed by atoms with Crippen LogP contribution in [-0.4, -0.2) is 64.2 Å². The number of hydrogen-bond acceptors (Lipinski definition) is 3. The third-order valence-corrected chi connectivity index (χ3v) is 4.54. The number of nitrogens with zero attached hydrogens (tertiary/aromatic N) is 3. The first-order valence-electron chi connectivity index (χ1n) is 8.37. The highest BCUT2D eigenvalue weighted by atomic mass is 16.3. The zero-order valence-corrected chi connectivity index (χ0v) is 13.9. The molecule has 5 heteroatoms. The number of para-hydroxylation sites is 1. The number of carbonyl (C=O) groups is 1. The molecule has 1 saturated heterocycles. The second kappa shape index (κ2) is 6.72. The van der Waals surface area contributed by atoms with Gasteiger partial charge in [-0.3, -0.25) is 9.69 Å². The summed E-state index contributed by atoms with van der Waals surface area (Å²) in [5.41, 5.74) is 1.91. The van der Waals surface area contributed by atoms with E-state index in [1.165, 1.54) is 0 Å².